The first-order chi connectivity index (χ1) is 10.1. The van der Waals surface area contributed by atoms with E-state index in [2.05, 4.69) is 11.1 Å². The van der Waals surface area contributed by atoms with Gasteiger partial charge in [0.15, 0.2) is 0 Å². The van der Waals surface area contributed by atoms with Crippen molar-refractivity contribution in [3.63, 3.8) is 0 Å². The molecular formula is C17H19N3O. The average molecular weight is 281 g/mol. The number of carbonyl (C=O) groups excluding carboxylic acids is 1. The molecule has 2 aromatic rings. The molecule has 21 heavy (non-hydrogen) atoms. The molecule has 1 aromatic heterocycles. The molecule has 0 aliphatic carbocycles. The Kier molecular flexibility index (Phi) is 3.60. The molecule has 1 amide bonds. The van der Waals surface area contributed by atoms with Crippen LogP contribution in [-0.2, 0) is 6.42 Å². The zero-order chi connectivity index (χ0) is 14.8. The van der Waals surface area contributed by atoms with Crippen molar-refractivity contribution in [3.05, 3.63) is 53.2 Å². The number of hydrogen-bond donors (Lipinski definition) is 1. The topological polar surface area (TPSA) is 59.2 Å². The van der Waals surface area contributed by atoms with E-state index in [1.807, 2.05) is 30.0 Å². The molecule has 108 valence electrons. The number of nitrogens with two attached hydrogens (primary N) is 1. The Hall–Kier alpha value is -2.36. The highest BCUT2D eigenvalue weighted by molar-refractivity contribution is 6.07. The quantitative estimate of drug-likeness (QED) is 0.874. The minimum Gasteiger partial charge on any atom is -0.384 e. The van der Waals surface area contributed by atoms with Crippen molar-refractivity contribution >= 4 is 17.4 Å². The Morgan fingerprint density at radius 2 is 2.05 bits per heavy atom. The Labute approximate surface area is 124 Å². The maximum absolute atomic E-state index is 12.9. The van der Waals surface area contributed by atoms with Crippen LogP contribution in [0.25, 0.3) is 0 Å². The van der Waals surface area contributed by atoms with Crippen molar-refractivity contribution in [1.82, 2.24) is 4.98 Å². The van der Waals surface area contributed by atoms with E-state index in [0.717, 1.165) is 37.2 Å². The van der Waals surface area contributed by atoms with Crippen molar-refractivity contribution in [2.75, 3.05) is 17.2 Å². The number of fused-ring (bicyclic) bond motifs is 1. The summed E-state index contributed by atoms with van der Waals surface area (Å²) in [5.74, 6) is 0.392. The molecule has 3 rings (SSSR count). The van der Waals surface area contributed by atoms with Gasteiger partial charge in [0.2, 0.25) is 0 Å². The van der Waals surface area contributed by atoms with Crippen LogP contribution >= 0.6 is 0 Å². The highest BCUT2D eigenvalue weighted by Crippen LogP contribution is 2.27. The van der Waals surface area contributed by atoms with E-state index >= 15 is 0 Å². The molecule has 1 aromatic carbocycles. The van der Waals surface area contributed by atoms with Crippen LogP contribution in [0, 0.1) is 6.92 Å². The van der Waals surface area contributed by atoms with Gasteiger partial charge < -0.3 is 10.6 Å². The van der Waals surface area contributed by atoms with Crippen LogP contribution < -0.4 is 10.6 Å². The number of benzene rings is 1. The molecule has 4 nitrogen and oxygen atoms in total. The van der Waals surface area contributed by atoms with E-state index in [1.165, 1.54) is 5.56 Å². The molecule has 0 bridgehead atoms. The number of aromatic nitrogens is 1. The summed E-state index contributed by atoms with van der Waals surface area (Å²) in [6.45, 7) is 2.60. The molecule has 0 radical (unpaired) electrons. The molecule has 0 unspecified atom stereocenters. The van der Waals surface area contributed by atoms with Crippen molar-refractivity contribution in [1.29, 1.82) is 0 Å². The second-order valence-corrected chi connectivity index (χ2v) is 5.46. The fraction of sp³-hybridized carbons (Fsp3) is 0.294. The van der Waals surface area contributed by atoms with Crippen LogP contribution in [0.5, 0.6) is 0 Å². The summed E-state index contributed by atoms with van der Waals surface area (Å²) in [5.41, 5.74) is 9.40. The van der Waals surface area contributed by atoms with Gasteiger partial charge in [-0.05, 0) is 49.9 Å². The monoisotopic (exact) mass is 281 g/mol. The van der Waals surface area contributed by atoms with Crippen LogP contribution in [0.2, 0.25) is 0 Å². The van der Waals surface area contributed by atoms with Crippen LogP contribution in [0.3, 0.4) is 0 Å². The van der Waals surface area contributed by atoms with E-state index in [4.69, 9.17) is 5.73 Å². The SMILES string of the molecule is Cc1cc(C(=O)N2CCCCc3ccccc32)cc(N)n1. The fourth-order valence-electron chi connectivity index (χ4n) is 2.88. The average Bonchev–Trinajstić information content (AvgIpc) is 2.68. The summed E-state index contributed by atoms with van der Waals surface area (Å²) < 4.78 is 0. The summed E-state index contributed by atoms with van der Waals surface area (Å²) >= 11 is 0. The second kappa shape index (κ2) is 5.56. The maximum Gasteiger partial charge on any atom is 0.258 e. The predicted octanol–water partition coefficient (Wildman–Crippen LogP) is 2.96. The van der Waals surface area contributed by atoms with Crippen molar-refractivity contribution in [2.24, 2.45) is 0 Å². The molecule has 1 aliphatic heterocycles. The van der Waals surface area contributed by atoms with Gasteiger partial charge in [-0.2, -0.15) is 0 Å². The Morgan fingerprint density at radius 1 is 1.24 bits per heavy atom. The summed E-state index contributed by atoms with van der Waals surface area (Å²) in [6, 6.07) is 11.6. The van der Waals surface area contributed by atoms with E-state index in [9.17, 15) is 4.79 Å². The number of hydrogen-bond acceptors (Lipinski definition) is 3. The number of nitrogens with zero attached hydrogens (tertiary/aromatic N) is 2. The van der Waals surface area contributed by atoms with E-state index in [-0.39, 0.29) is 5.91 Å². The lowest BCUT2D eigenvalue weighted by molar-refractivity contribution is 0.0987. The van der Waals surface area contributed by atoms with Gasteiger partial charge in [0, 0.05) is 23.5 Å². The molecule has 0 atom stereocenters. The lowest BCUT2D eigenvalue weighted by atomic mass is 10.1. The summed E-state index contributed by atoms with van der Waals surface area (Å²) in [6.07, 6.45) is 3.15. The first-order valence-electron chi connectivity index (χ1n) is 7.29. The third-order valence-corrected chi connectivity index (χ3v) is 3.83. The lowest BCUT2D eigenvalue weighted by Crippen LogP contribution is -2.32. The van der Waals surface area contributed by atoms with E-state index < -0.39 is 0 Å². The smallest absolute Gasteiger partial charge is 0.258 e. The molecule has 0 fully saturated rings. The van der Waals surface area contributed by atoms with Crippen LogP contribution in [0.1, 0.15) is 34.5 Å². The molecule has 0 spiro atoms. The van der Waals surface area contributed by atoms with Gasteiger partial charge in [-0.3, -0.25) is 4.79 Å². The van der Waals surface area contributed by atoms with Crippen molar-refractivity contribution in [3.8, 4) is 0 Å². The molecule has 1 aliphatic rings. The minimum absolute atomic E-state index is 0.00144. The zero-order valence-electron chi connectivity index (χ0n) is 12.2. The lowest BCUT2D eigenvalue weighted by Gasteiger charge is -2.23. The van der Waals surface area contributed by atoms with Gasteiger partial charge in [-0.25, -0.2) is 4.98 Å². The van der Waals surface area contributed by atoms with Crippen LogP contribution in [0.4, 0.5) is 11.5 Å². The number of carbonyl (C=O) groups is 1. The number of nitrogen functional groups attached to an aromatic ring is 1. The second-order valence-electron chi connectivity index (χ2n) is 5.46. The largest absolute Gasteiger partial charge is 0.384 e. The Balaban J connectivity index is 2.01. The number of anilines is 2. The first kappa shape index (κ1) is 13.6. The molecule has 2 heterocycles. The summed E-state index contributed by atoms with van der Waals surface area (Å²) in [7, 11) is 0. The standard InChI is InChI=1S/C17H19N3O/c1-12-10-14(11-16(18)19-12)17(21)20-9-5-4-7-13-6-2-3-8-15(13)20/h2-3,6,8,10-11H,4-5,7,9H2,1H3,(H2,18,19). The predicted molar refractivity (Wildman–Crippen MR) is 84.4 cm³/mol. The molecule has 0 saturated heterocycles. The first-order valence-corrected chi connectivity index (χ1v) is 7.29. The minimum atomic E-state index is 0.00144. The molecule has 2 N–H and O–H groups in total. The highest BCUT2D eigenvalue weighted by atomic mass is 16.2. The molecule has 0 saturated carbocycles. The van der Waals surface area contributed by atoms with Gasteiger partial charge >= 0.3 is 0 Å². The Morgan fingerprint density at radius 3 is 2.86 bits per heavy atom. The fourth-order valence-corrected chi connectivity index (χ4v) is 2.88. The number of rotatable bonds is 1. The van der Waals surface area contributed by atoms with E-state index in [1.54, 1.807) is 12.1 Å². The van der Waals surface area contributed by atoms with Crippen LogP contribution in [0.15, 0.2) is 36.4 Å². The van der Waals surface area contributed by atoms with E-state index in [0.29, 0.717) is 11.4 Å². The summed E-state index contributed by atoms with van der Waals surface area (Å²) in [5, 5.41) is 0. The van der Waals surface area contributed by atoms with Gasteiger partial charge in [0.1, 0.15) is 5.82 Å². The third-order valence-electron chi connectivity index (χ3n) is 3.83. The van der Waals surface area contributed by atoms with Crippen LogP contribution in [-0.4, -0.2) is 17.4 Å². The van der Waals surface area contributed by atoms with Gasteiger partial charge in [0.05, 0.1) is 0 Å². The zero-order valence-corrected chi connectivity index (χ0v) is 12.2. The number of para-hydroxylation sites is 1. The summed E-state index contributed by atoms with van der Waals surface area (Å²) in [4.78, 5) is 18.9. The van der Waals surface area contributed by atoms with Gasteiger partial charge in [0.25, 0.3) is 5.91 Å². The maximum atomic E-state index is 12.9. The Bertz CT molecular complexity index is 661. The molecular weight excluding hydrogens is 262 g/mol. The number of pyridine rings is 1. The number of amides is 1. The van der Waals surface area contributed by atoms with Crippen molar-refractivity contribution < 1.29 is 4.79 Å². The van der Waals surface area contributed by atoms with Crippen molar-refractivity contribution in [2.45, 2.75) is 26.2 Å². The third kappa shape index (κ3) is 2.75. The molecule has 4 heteroatoms. The highest BCUT2D eigenvalue weighted by Gasteiger charge is 2.22. The van der Waals surface area contributed by atoms with Gasteiger partial charge in [-0.15, -0.1) is 0 Å². The number of aryl methyl sites for hydroxylation is 2. The van der Waals surface area contributed by atoms with Gasteiger partial charge in [-0.1, -0.05) is 18.2 Å². The normalized spacial score (nSPS) is 14.4.